The van der Waals surface area contributed by atoms with Gasteiger partial charge in [0, 0.05) is 25.6 Å². The zero-order valence-corrected chi connectivity index (χ0v) is 22.9. The number of nitrogens with zero attached hydrogens (tertiary/aromatic N) is 5. The average molecular weight is 543 g/mol. The summed E-state index contributed by atoms with van der Waals surface area (Å²) in [6.07, 6.45) is 4.63. The minimum absolute atomic E-state index is 0.00765. The van der Waals surface area contributed by atoms with Crippen LogP contribution in [0.15, 0.2) is 36.4 Å². The minimum Gasteiger partial charge on any atom is -0.371 e. The maximum atomic E-state index is 14.9. The Hall–Kier alpha value is -3.05. The van der Waals surface area contributed by atoms with Crippen LogP contribution >= 0.6 is 0 Å². The highest BCUT2D eigenvalue weighted by Crippen LogP contribution is 2.43. The van der Waals surface area contributed by atoms with Crippen LogP contribution < -0.4 is 9.62 Å². The predicted molar refractivity (Wildman–Crippen MR) is 146 cm³/mol. The minimum atomic E-state index is -3.78. The Morgan fingerprint density at radius 1 is 1.16 bits per heavy atom. The molecule has 204 valence electrons. The molecule has 9 nitrogen and oxygen atoms in total. The highest BCUT2D eigenvalue weighted by Gasteiger charge is 2.33. The second-order valence-electron chi connectivity index (χ2n) is 10.8. The highest BCUT2D eigenvalue weighted by molar-refractivity contribution is 7.89. The van der Waals surface area contributed by atoms with Crippen molar-refractivity contribution >= 4 is 32.7 Å². The largest absolute Gasteiger partial charge is 0.371 e. The number of amides is 1. The molecule has 1 saturated heterocycles. The fourth-order valence-corrected chi connectivity index (χ4v) is 5.87. The summed E-state index contributed by atoms with van der Waals surface area (Å²) in [6, 6.07) is 11.3. The number of fused-ring (bicyclic) bond motifs is 1. The Morgan fingerprint density at radius 3 is 2.42 bits per heavy atom. The summed E-state index contributed by atoms with van der Waals surface area (Å²) in [4.78, 5) is 21.7. The summed E-state index contributed by atoms with van der Waals surface area (Å²) in [5.41, 5.74) is 3.09. The van der Waals surface area contributed by atoms with Gasteiger partial charge < -0.3 is 9.80 Å². The number of alkyl halides is 1. The molecule has 1 amide bonds. The highest BCUT2D eigenvalue weighted by atomic mass is 32.2. The molecule has 1 atom stereocenters. The van der Waals surface area contributed by atoms with E-state index < -0.39 is 22.1 Å². The number of sulfonamides is 1. The number of halogens is 1. The smallest absolute Gasteiger partial charge is 0.283 e. The lowest BCUT2D eigenvalue weighted by molar-refractivity contribution is 0.0977. The van der Waals surface area contributed by atoms with Gasteiger partial charge in [0.2, 0.25) is 10.0 Å². The number of aromatic nitrogens is 3. The maximum Gasteiger partial charge on any atom is 0.283 e. The van der Waals surface area contributed by atoms with Gasteiger partial charge in [-0.05, 0) is 63.9 Å². The second kappa shape index (κ2) is 10.6. The standard InChI is InChI=1S/C27H35FN6O3S/c1-32(2)17-21(28)18-12-14-33(15-13-18)23-16-22(27(35)31-38(3,36)37)29-26-24(23)25(19-8-7-9-19)30-34(26)20-10-5-4-6-11-20/h4-6,10-11,16,18-19,21H,7-9,12-15,17H2,1-3H3,(H,31,35)/t21-/m1/s1. The third kappa shape index (κ3) is 5.54. The molecule has 5 rings (SSSR count). The molecular weight excluding hydrogens is 507 g/mol. The van der Waals surface area contributed by atoms with Crippen molar-refractivity contribution in [2.45, 2.75) is 44.2 Å². The first kappa shape index (κ1) is 26.6. The molecule has 3 aromatic rings. The molecule has 1 saturated carbocycles. The molecule has 1 aliphatic carbocycles. The van der Waals surface area contributed by atoms with Crippen molar-refractivity contribution in [2.24, 2.45) is 5.92 Å². The molecule has 0 radical (unpaired) electrons. The summed E-state index contributed by atoms with van der Waals surface area (Å²) < 4.78 is 42.4. The molecule has 2 fully saturated rings. The van der Waals surface area contributed by atoms with Gasteiger partial charge in [-0.15, -0.1) is 0 Å². The molecule has 0 spiro atoms. The lowest BCUT2D eigenvalue weighted by Crippen LogP contribution is -2.40. The van der Waals surface area contributed by atoms with Gasteiger partial charge >= 0.3 is 0 Å². The van der Waals surface area contributed by atoms with E-state index in [0.717, 1.165) is 48.0 Å². The van der Waals surface area contributed by atoms with Crippen molar-refractivity contribution in [1.82, 2.24) is 24.4 Å². The van der Waals surface area contributed by atoms with E-state index in [1.54, 1.807) is 10.7 Å². The van der Waals surface area contributed by atoms with Gasteiger partial charge in [0.15, 0.2) is 5.65 Å². The van der Waals surface area contributed by atoms with E-state index in [2.05, 4.69) is 9.88 Å². The molecular formula is C27H35FN6O3S. The Balaban J connectivity index is 1.61. The number of anilines is 1. The number of carbonyl (C=O) groups is 1. The van der Waals surface area contributed by atoms with E-state index in [4.69, 9.17) is 5.10 Å². The van der Waals surface area contributed by atoms with Gasteiger partial charge in [-0.2, -0.15) is 5.10 Å². The molecule has 1 N–H and O–H groups in total. The lowest BCUT2D eigenvalue weighted by Gasteiger charge is -2.36. The summed E-state index contributed by atoms with van der Waals surface area (Å²) >= 11 is 0. The van der Waals surface area contributed by atoms with Gasteiger partial charge in [-0.25, -0.2) is 27.2 Å². The molecule has 0 unspecified atom stereocenters. The summed E-state index contributed by atoms with van der Waals surface area (Å²) in [5, 5.41) is 5.89. The van der Waals surface area contributed by atoms with Gasteiger partial charge in [0.1, 0.15) is 11.9 Å². The van der Waals surface area contributed by atoms with Gasteiger partial charge in [-0.3, -0.25) is 4.79 Å². The first-order valence-electron chi connectivity index (χ1n) is 13.2. The molecule has 1 aliphatic heterocycles. The van der Waals surface area contributed by atoms with Crippen LogP contribution in [0.2, 0.25) is 0 Å². The number of hydrogen-bond acceptors (Lipinski definition) is 7. The molecule has 2 aliphatic rings. The second-order valence-corrected chi connectivity index (χ2v) is 12.5. The third-order valence-electron chi connectivity index (χ3n) is 7.58. The van der Waals surface area contributed by atoms with Crippen LogP contribution in [0, 0.1) is 5.92 Å². The normalized spacial score (nSPS) is 18.1. The van der Waals surface area contributed by atoms with Crippen molar-refractivity contribution in [1.29, 1.82) is 0 Å². The first-order chi connectivity index (χ1) is 18.1. The van der Waals surface area contributed by atoms with Crippen LogP contribution in [0.25, 0.3) is 16.7 Å². The summed E-state index contributed by atoms with van der Waals surface area (Å²) in [7, 11) is -0.0162. The van der Waals surface area contributed by atoms with Crippen LogP contribution in [-0.4, -0.2) is 80.1 Å². The van der Waals surface area contributed by atoms with Crippen LogP contribution in [0.4, 0.5) is 10.1 Å². The molecule has 0 bridgehead atoms. The number of hydrogen-bond donors (Lipinski definition) is 1. The van der Waals surface area contributed by atoms with Gasteiger partial charge in [0.05, 0.1) is 28.7 Å². The molecule has 11 heteroatoms. The Labute approximate surface area is 223 Å². The zero-order chi connectivity index (χ0) is 27.0. The van der Waals surface area contributed by atoms with E-state index in [0.29, 0.717) is 44.0 Å². The zero-order valence-electron chi connectivity index (χ0n) is 22.1. The van der Waals surface area contributed by atoms with E-state index in [9.17, 15) is 17.6 Å². The van der Waals surface area contributed by atoms with Crippen LogP contribution in [0.1, 0.15) is 54.2 Å². The average Bonchev–Trinajstić information content (AvgIpc) is 3.20. The molecule has 2 aromatic heterocycles. The van der Waals surface area contributed by atoms with Crippen molar-refractivity contribution in [2.75, 3.05) is 44.9 Å². The number of nitrogens with one attached hydrogen (secondary N) is 1. The Kier molecular flexibility index (Phi) is 7.41. The molecule has 3 heterocycles. The number of rotatable bonds is 8. The summed E-state index contributed by atoms with van der Waals surface area (Å²) in [6.45, 7) is 1.66. The van der Waals surface area contributed by atoms with E-state index in [-0.39, 0.29) is 11.6 Å². The van der Waals surface area contributed by atoms with Crippen LogP contribution in [0.3, 0.4) is 0 Å². The third-order valence-corrected chi connectivity index (χ3v) is 8.13. The fraction of sp³-hybridized carbons (Fsp3) is 0.519. The van der Waals surface area contributed by atoms with E-state index in [1.807, 2.05) is 54.0 Å². The Morgan fingerprint density at radius 2 is 1.84 bits per heavy atom. The first-order valence-corrected chi connectivity index (χ1v) is 15.0. The van der Waals surface area contributed by atoms with Crippen molar-refractivity contribution < 1.29 is 17.6 Å². The number of piperidine rings is 1. The van der Waals surface area contributed by atoms with Crippen LogP contribution in [-0.2, 0) is 10.0 Å². The number of para-hydroxylation sites is 1. The number of pyridine rings is 1. The van der Waals surface area contributed by atoms with Crippen molar-refractivity contribution in [3.05, 3.63) is 47.8 Å². The monoisotopic (exact) mass is 542 g/mol. The maximum absolute atomic E-state index is 14.9. The number of carbonyl (C=O) groups excluding carboxylic acids is 1. The molecule has 1 aromatic carbocycles. The van der Waals surface area contributed by atoms with Crippen molar-refractivity contribution in [3.63, 3.8) is 0 Å². The quantitative estimate of drug-likeness (QED) is 0.465. The van der Waals surface area contributed by atoms with E-state index in [1.165, 1.54) is 0 Å². The fourth-order valence-electron chi connectivity index (χ4n) is 5.43. The summed E-state index contributed by atoms with van der Waals surface area (Å²) in [5.74, 6) is -0.518. The lowest BCUT2D eigenvalue weighted by atomic mass is 9.81. The SMILES string of the molecule is CN(C)C[C@@H](F)C1CCN(c2cc(C(=O)NS(C)(=O)=O)nc3c2c(C2CCC2)nn3-c2ccccc2)CC1. The van der Waals surface area contributed by atoms with E-state index >= 15 is 0 Å². The van der Waals surface area contributed by atoms with Gasteiger partial charge in [-0.1, -0.05) is 24.6 Å². The van der Waals surface area contributed by atoms with Crippen LogP contribution in [0.5, 0.6) is 0 Å². The topological polar surface area (TPSA) is 100 Å². The van der Waals surface area contributed by atoms with Gasteiger partial charge in [0.25, 0.3) is 5.91 Å². The Bertz CT molecular complexity index is 1410. The molecule has 38 heavy (non-hydrogen) atoms. The van der Waals surface area contributed by atoms with Crippen molar-refractivity contribution in [3.8, 4) is 5.69 Å². The predicted octanol–water partition coefficient (Wildman–Crippen LogP) is 3.49. The number of benzene rings is 1.